The van der Waals surface area contributed by atoms with Gasteiger partial charge in [-0.25, -0.2) is 9.59 Å². The molecule has 0 aliphatic carbocycles. The number of carbonyl (C=O) groups excluding carboxylic acids is 2. The van der Waals surface area contributed by atoms with Crippen molar-refractivity contribution in [3.8, 4) is 0 Å². The number of dihydropyridines is 1. The maximum absolute atomic E-state index is 12.6. The third-order valence-corrected chi connectivity index (χ3v) is 4.07. The molecule has 0 radical (unpaired) electrons. The van der Waals surface area contributed by atoms with Crippen molar-refractivity contribution in [1.29, 1.82) is 0 Å². The van der Waals surface area contributed by atoms with Crippen molar-refractivity contribution in [3.05, 3.63) is 52.7 Å². The van der Waals surface area contributed by atoms with Crippen molar-refractivity contribution in [1.82, 2.24) is 5.32 Å². The molecule has 1 heterocycles. The van der Waals surface area contributed by atoms with Crippen LogP contribution in [-0.2, 0) is 19.1 Å². The number of hydrogen-bond acceptors (Lipinski definition) is 5. The minimum absolute atomic E-state index is 0.273. The quantitative estimate of drug-likeness (QED) is 0.802. The number of nitrogens with one attached hydrogen (secondary N) is 1. The topological polar surface area (TPSA) is 64.6 Å². The molecule has 0 saturated heterocycles. The Labute approximate surface area is 148 Å². The lowest BCUT2D eigenvalue weighted by molar-refractivity contribution is -0.140. The molecule has 1 N–H and O–H groups in total. The molecule has 0 bridgehead atoms. The largest absolute Gasteiger partial charge is 0.463 e. The first kappa shape index (κ1) is 18.8. The van der Waals surface area contributed by atoms with Crippen LogP contribution in [0.4, 0.5) is 0 Å². The van der Waals surface area contributed by atoms with Crippen molar-refractivity contribution in [2.75, 3.05) is 13.2 Å². The fourth-order valence-corrected chi connectivity index (χ4v) is 2.93. The van der Waals surface area contributed by atoms with Gasteiger partial charge in [0, 0.05) is 11.6 Å². The molecule has 0 amide bonds. The van der Waals surface area contributed by atoms with Gasteiger partial charge >= 0.3 is 11.9 Å². The Balaban J connectivity index is 2.47. The predicted octanol–water partition coefficient (Wildman–Crippen LogP) is 3.43. The van der Waals surface area contributed by atoms with Crippen LogP contribution in [0.2, 0.25) is 0 Å². The van der Waals surface area contributed by atoms with Gasteiger partial charge in [0.2, 0.25) is 0 Å². The average Bonchev–Trinajstić information content (AvgIpc) is 2.60. The van der Waals surface area contributed by atoms with Crippen molar-refractivity contribution >= 4 is 17.6 Å². The van der Waals surface area contributed by atoms with Crippen LogP contribution in [0.3, 0.4) is 0 Å². The normalized spacial score (nSPS) is 17.2. The number of carbonyl (C=O) groups is 2. The minimum atomic E-state index is -0.422. The SMILES string of the molecule is CCCOC(=O)C1=C(C)NC(c2ccccc2)=C(C(=O)OCC)[C@H]1C. The van der Waals surface area contributed by atoms with Gasteiger partial charge in [-0.2, -0.15) is 0 Å². The molecule has 134 valence electrons. The van der Waals surface area contributed by atoms with E-state index >= 15 is 0 Å². The second kappa shape index (κ2) is 8.51. The van der Waals surface area contributed by atoms with Gasteiger partial charge < -0.3 is 14.8 Å². The molecule has 2 rings (SSSR count). The average molecular weight is 343 g/mol. The first-order valence-electron chi connectivity index (χ1n) is 8.62. The summed E-state index contributed by atoms with van der Waals surface area (Å²) < 4.78 is 10.5. The summed E-state index contributed by atoms with van der Waals surface area (Å²) in [7, 11) is 0. The second-order valence-electron chi connectivity index (χ2n) is 5.90. The monoisotopic (exact) mass is 343 g/mol. The van der Waals surface area contributed by atoms with E-state index in [0.29, 0.717) is 29.1 Å². The predicted molar refractivity (Wildman–Crippen MR) is 96.2 cm³/mol. The van der Waals surface area contributed by atoms with Crippen molar-refractivity contribution < 1.29 is 19.1 Å². The summed E-state index contributed by atoms with van der Waals surface area (Å²) in [6.07, 6.45) is 0.746. The minimum Gasteiger partial charge on any atom is -0.463 e. The van der Waals surface area contributed by atoms with Crippen molar-refractivity contribution in [3.63, 3.8) is 0 Å². The number of esters is 2. The molecule has 0 unspecified atom stereocenters. The van der Waals surface area contributed by atoms with Crippen LogP contribution < -0.4 is 5.32 Å². The van der Waals surface area contributed by atoms with Crippen molar-refractivity contribution in [2.45, 2.75) is 34.1 Å². The Morgan fingerprint density at radius 2 is 1.68 bits per heavy atom. The van der Waals surface area contributed by atoms with E-state index in [4.69, 9.17) is 9.47 Å². The number of benzene rings is 1. The first-order valence-corrected chi connectivity index (χ1v) is 8.62. The van der Waals surface area contributed by atoms with Gasteiger partial charge in [-0.3, -0.25) is 0 Å². The molecular formula is C20H25NO4. The number of rotatable bonds is 6. The lowest BCUT2D eigenvalue weighted by Crippen LogP contribution is -2.32. The van der Waals surface area contributed by atoms with E-state index < -0.39 is 17.9 Å². The lowest BCUT2D eigenvalue weighted by Gasteiger charge is -2.29. The van der Waals surface area contributed by atoms with Crippen molar-refractivity contribution in [2.24, 2.45) is 5.92 Å². The Kier molecular flexibility index (Phi) is 6.39. The van der Waals surface area contributed by atoms with Crippen LogP contribution in [0, 0.1) is 5.92 Å². The maximum Gasteiger partial charge on any atom is 0.336 e. The van der Waals surface area contributed by atoms with Crippen LogP contribution in [0.15, 0.2) is 47.2 Å². The smallest absolute Gasteiger partial charge is 0.336 e. The van der Waals surface area contributed by atoms with Gasteiger partial charge in [0.25, 0.3) is 0 Å². The molecule has 1 atom stereocenters. The van der Waals surface area contributed by atoms with E-state index in [1.807, 2.05) is 51.1 Å². The fraction of sp³-hybridized carbons (Fsp3) is 0.400. The van der Waals surface area contributed by atoms with Crippen LogP contribution in [0.25, 0.3) is 5.70 Å². The molecule has 0 saturated carbocycles. The van der Waals surface area contributed by atoms with E-state index in [0.717, 1.165) is 12.0 Å². The molecule has 0 fully saturated rings. The zero-order valence-corrected chi connectivity index (χ0v) is 15.2. The molecule has 0 spiro atoms. The highest BCUT2D eigenvalue weighted by molar-refractivity contribution is 6.03. The van der Waals surface area contributed by atoms with Gasteiger partial charge in [0.15, 0.2) is 0 Å². The molecule has 1 aliphatic rings. The zero-order valence-electron chi connectivity index (χ0n) is 15.2. The summed E-state index contributed by atoms with van der Waals surface area (Å²) in [5.74, 6) is -1.23. The molecule has 5 nitrogen and oxygen atoms in total. The van der Waals surface area contributed by atoms with Gasteiger partial charge in [-0.15, -0.1) is 0 Å². The molecular weight excluding hydrogens is 318 g/mol. The summed E-state index contributed by atoms with van der Waals surface area (Å²) in [4.78, 5) is 25.0. The maximum atomic E-state index is 12.6. The molecule has 1 aromatic carbocycles. The highest BCUT2D eigenvalue weighted by atomic mass is 16.5. The van der Waals surface area contributed by atoms with E-state index in [1.165, 1.54) is 0 Å². The summed E-state index contributed by atoms with van der Waals surface area (Å²) in [5.41, 5.74) is 3.16. The summed E-state index contributed by atoms with van der Waals surface area (Å²) in [6.45, 7) is 7.99. The second-order valence-corrected chi connectivity index (χ2v) is 5.90. The third kappa shape index (κ3) is 4.10. The fourth-order valence-electron chi connectivity index (χ4n) is 2.93. The highest BCUT2D eigenvalue weighted by Crippen LogP contribution is 2.34. The Bertz CT molecular complexity index is 704. The molecule has 25 heavy (non-hydrogen) atoms. The summed E-state index contributed by atoms with van der Waals surface area (Å²) >= 11 is 0. The van der Waals surface area contributed by atoms with Gasteiger partial charge in [-0.05, 0) is 25.8 Å². The Morgan fingerprint density at radius 3 is 2.28 bits per heavy atom. The summed E-state index contributed by atoms with van der Waals surface area (Å²) in [6, 6.07) is 9.56. The molecule has 1 aliphatic heterocycles. The van der Waals surface area contributed by atoms with Gasteiger partial charge in [-0.1, -0.05) is 44.2 Å². The van der Waals surface area contributed by atoms with E-state index in [-0.39, 0.29) is 6.61 Å². The van der Waals surface area contributed by atoms with E-state index in [2.05, 4.69) is 5.32 Å². The molecule has 1 aromatic rings. The van der Waals surface area contributed by atoms with Gasteiger partial charge in [0.05, 0.1) is 30.1 Å². The number of ether oxygens (including phenoxy) is 2. The molecule has 5 heteroatoms. The van der Waals surface area contributed by atoms with E-state index in [9.17, 15) is 9.59 Å². The van der Waals surface area contributed by atoms with E-state index in [1.54, 1.807) is 6.92 Å². The van der Waals surface area contributed by atoms with Crippen LogP contribution >= 0.6 is 0 Å². The lowest BCUT2D eigenvalue weighted by atomic mass is 9.85. The zero-order chi connectivity index (χ0) is 18.4. The van der Waals surface area contributed by atoms with Crippen LogP contribution in [-0.4, -0.2) is 25.2 Å². The number of allylic oxidation sites excluding steroid dienone is 1. The third-order valence-electron chi connectivity index (χ3n) is 4.07. The van der Waals surface area contributed by atoms with Gasteiger partial charge in [0.1, 0.15) is 0 Å². The number of hydrogen-bond donors (Lipinski definition) is 1. The van der Waals surface area contributed by atoms with Crippen LogP contribution in [0.5, 0.6) is 0 Å². The molecule has 0 aromatic heterocycles. The first-order chi connectivity index (χ1) is 12.0. The highest BCUT2D eigenvalue weighted by Gasteiger charge is 2.35. The Hall–Kier alpha value is -2.56. The van der Waals surface area contributed by atoms with Crippen LogP contribution in [0.1, 0.15) is 39.7 Å². The standard InChI is InChI=1S/C20H25NO4/c1-5-12-25-19(22)16-13(3)17(20(23)24-6-2)18(21-14(16)4)15-10-8-7-9-11-15/h7-11,13,21H,5-6,12H2,1-4H3/t13-/m0/s1. The Morgan fingerprint density at radius 1 is 1.04 bits per heavy atom. The summed E-state index contributed by atoms with van der Waals surface area (Å²) in [5, 5.41) is 3.22.